The van der Waals surface area contributed by atoms with Crippen LogP contribution in [0.4, 0.5) is 0 Å². The number of carbonyl (C=O) groups excluding carboxylic acids is 1. The van der Waals surface area contributed by atoms with Crippen LogP contribution in [0.2, 0.25) is 0 Å². The van der Waals surface area contributed by atoms with Crippen LogP contribution < -0.4 is 0 Å². The lowest BCUT2D eigenvalue weighted by atomic mass is 10.2. The van der Waals surface area contributed by atoms with E-state index >= 15 is 0 Å². The van der Waals surface area contributed by atoms with Gasteiger partial charge in [0.15, 0.2) is 5.89 Å². The number of oxazole rings is 1. The lowest BCUT2D eigenvalue weighted by Crippen LogP contribution is -2.45. The smallest absolute Gasteiger partial charge is 0.195 e. The maximum atomic E-state index is 11.0. The first-order valence-corrected chi connectivity index (χ1v) is 6.47. The van der Waals surface area contributed by atoms with Crippen molar-refractivity contribution in [1.29, 1.82) is 0 Å². The number of piperazine rings is 1. The van der Waals surface area contributed by atoms with Crippen molar-refractivity contribution < 1.29 is 9.21 Å². The molecule has 5 nitrogen and oxygen atoms in total. The second-order valence-corrected chi connectivity index (χ2v) is 5.01. The lowest BCUT2D eigenvalue weighted by molar-refractivity contribution is -0.116. The topological polar surface area (TPSA) is 49.6 Å². The van der Waals surface area contributed by atoms with Crippen LogP contribution in [-0.2, 0) is 17.6 Å². The van der Waals surface area contributed by atoms with Crippen molar-refractivity contribution in [2.24, 2.45) is 0 Å². The largest absolute Gasteiger partial charge is 0.449 e. The second-order valence-electron chi connectivity index (χ2n) is 5.01. The van der Waals surface area contributed by atoms with Crippen molar-refractivity contribution in [2.75, 3.05) is 39.8 Å². The van der Waals surface area contributed by atoms with Crippen LogP contribution in [0.25, 0.3) is 0 Å². The summed E-state index contributed by atoms with van der Waals surface area (Å²) in [5.74, 6) is 0.860. The van der Waals surface area contributed by atoms with E-state index < -0.39 is 0 Å². The van der Waals surface area contributed by atoms with Crippen molar-refractivity contribution >= 4 is 5.78 Å². The van der Waals surface area contributed by atoms with Gasteiger partial charge in [-0.3, -0.25) is 4.79 Å². The number of hydrogen-bond acceptors (Lipinski definition) is 5. The van der Waals surface area contributed by atoms with Gasteiger partial charge in [0.2, 0.25) is 0 Å². The summed E-state index contributed by atoms with van der Waals surface area (Å²) in [7, 11) is 2.15. The van der Waals surface area contributed by atoms with Crippen molar-refractivity contribution in [3.8, 4) is 0 Å². The van der Waals surface area contributed by atoms with E-state index in [1.54, 1.807) is 13.2 Å². The van der Waals surface area contributed by atoms with E-state index in [-0.39, 0.29) is 5.78 Å². The molecule has 0 amide bonds. The van der Waals surface area contributed by atoms with E-state index in [1.807, 2.05) is 0 Å². The first-order chi connectivity index (χ1) is 8.63. The molecule has 0 N–H and O–H groups in total. The van der Waals surface area contributed by atoms with E-state index in [0.717, 1.165) is 50.7 Å². The number of likely N-dealkylation sites (N-methyl/N-ethyl adjacent to an activating group) is 1. The van der Waals surface area contributed by atoms with Gasteiger partial charge in [-0.25, -0.2) is 4.98 Å². The number of Topliss-reactive ketones (excluding diaryl/α,β-unsaturated/α-hetero) is 1. The van der Waals surface area contributed by atoms with Gasteiger partial charge in [-0.05, 0) is 14.0 Å². The molecule has 1 aliphatic heterocycles. The summed E-state index contributed by atoms with van der Waals surface area (Å²) in [6.45, 7) is 7.02. The number of nitrogens with zero attached hydrogens (tertiary/aromatic N) is 3. The lowest BCUT2D eigenvalue weighted by Gasteiger charge is -2.31. The van der Waals surface area contributed by atoms with Gasteiger partial charge in [-0.1, -0.05) is 0 Å². The molecule has 0 bridgehead atoms. The van der Waals surface area contributed by atoms with Gasteiger partial charge in [0.05, 0.1) is 12.1 Å². The Morgan fingerprint density at radius 2 is 2.11 bits per heavy atom. The molecule has 0 aromatic carbocycles. The average molecular weight is 251 g/mol. The van der Waals surface area contributed by atoms with Gasteiger partial charge >= 0.3 is 0 Å². The molecule has 0 radical (unpaired) electrons. The molecule has 1 aromatic rings. The van der Waals surface area contributed by atoms with Crippen molar-refractivity contribution in [2.45, 2.75) is 19.8 Å². The van der Waals surface area contributed by atoms with Crippen molar-refractivity contribution in [3.05, 3.63) is 17.8 Å². The molecule has 0 atom stereocenters. The fourth-order valence-electron chi connectivity index (χ4n) is 2.13. The zero-order valence-corrected chi connectivity index (χ0v) is 11.2. The fourth-order valence-corrected chi connectivity index (χ4v) is 2.13. The van der Waals surface area contributed by atoms with E-state index in [4.69, 9.17) is 4.42 Å². The summed E-state index contributed by atoms with van der Waals surface area (Å²) in [5, 5.41) is 0. The van der Waals surface area contributed by atoms with Gasteiger partial charge in [-0.2, -0.15) is 0 Å². The zero-order valence-electron chi connectivity index (χ0n) is 11.2. The Balaban J connectivity index is 1.76. The molecular formula is C13H21N3O2. The van der Waals surface area contributed by atoms with E-state index in [1.165, 1.54) is 0 Å². The van der Waals surface area contributed by atoms with Gasteiger partial charge in [-0.15, -0.1) is 0 Å². The number of rotatable bonds is 5. The maximum absolute atomic E-state index is 11.0. The Bertz CT molecular complexity index is 395. The Kier molecular flexibility index (Phi) is 4.49. The number of aromatic nitrogens is 1. The molecular weight excluding hydrogens is 230 g/mol. The minimum Gasteiger partial charge on any atom is -0.449 e. The Labute approximate surface area is 108 Å². The fraction of sp³-hybridized carbons (Fsp3) is 0.692. The third-order valence-electron chi connectivity index (χ3n) is 3.27. The second kappa shape index (κ2) is 6.11. The summed E-state index contributed by atoms with van der Waals surface area (Å²) in [5.41, 5.74) is 0.746. The number of ketones is 1. The summed E-state index contributed by atoms with van der Waals surface area (Å²) < 4.78 is 5.38. The first-order valence-electron chi connectivity index (χ1n) is 6.47. The predicted molar refractivity (Wildman–Crippen MR) is 68.5 cm³/mol. The Morgan fingerprint density at radius 3 is 2.78 bits per heavy atom. The van der Waals surface area contributed by atoms with Crippen LogP contribution in [0, 0.1) is 0 Å². The van der Waals surface area contributed by atoms with Crippen molar-refractivity contribution in [1.82, 2.24) is 14.8 Å². The number of hydrogen-bond donors (Lipinski definition) is 0. The highest BCUT2D eigenvalue weighted by atomic mass is 16.3. The van der Waals surface area contributed by atoms with E-state index in [9.17, 15) is 4.79 Å². The highest BCUT2D eigenvalue weighted by molar-refractivity contribution is 5.77. The quantitative estimate of drug-likeness (QED) is 0.767. The van der Waals surface area contributed by atoms with Crippen LogP contribution in [0.15, 0.2) is 10.7 Å². The van der Waals surface area contributed by atoms with Crippen LogP contribution in [0.3, 0.4) is 0 Å². The number of carbonyl (C=O) groups is 1. The predicted octanol–water partition coefficient (Wildman–Crippen LogP) is 0.596. The minimum absolute atomic E-state index is 0.119. The molecule has 0 saturated carbocycles. The Morgan fingerprint density at radius 1 is 1.39 bits per heavy atom. The molecule has 100 valence electrons. The summed E-state index contributed by atoms with van der Waals surface area (Å²) in [4.78, 5) is 20.1. The molecule has 18 heavy (non-hydrogen) atoms. The summed E-state index contributed by atoms with van der Waals surface area (Å²) in [6.07, 6.45) is 2.79. The minimum atomic E-state index is 0.119. The molecule has 1 aromatic heterocycles. The van der Waals surface area contributed by atoms with Crippen LogP contribution in [-0.4, -0.2) is 60.3 Å². The standard InChI is InChI=1S/C13H21N3O2/c1-11(17)9-12-10-18-13(14-12)3-4-16-7-5-15(2)6-8-16/h10H,3-9H2,1-2H3. The van der Waals surface area contributed by atoms with Gasteiger partial charge in [0.1, 0.15) is 12.0 Å². The molecule has 0 spiro atoms. The average Bonchev–Trinajstić information content (AvgIpc) is 2.75. The molecule has 1 saturated heterocycles. The van der Waals surface area contributed by atoms with Crippen LogP contribution in [0.5, 0.6) is 0 Å². The van der Waals surface area contributed by atoms with Crippen LogP contribution in [0.1, 0.15) is 18.5 Å². The molecule has 2 rings (SSSR count). The van der Waals surface area contributed by atoms with Gasteiger partial charge in [0, 0.05) is 39.1 Å². The summed E-state index contributed by atoms with van der Waals surface area (Å²) >= 11 is 0. The molecule has 0 aliphatic carbocycles. The normalized spacial score (nSPS) is 18.1. The summed E-state index contributed by atoms with van der Waals surface area (Å²) in [6, 6.07) is 0. The molecule has 2 heterocycles. The molecule has 0 unspecified atom stereocenters. The zero-order chi connectivity index (χ0) is 13.0. The third kappa shape index (κ3) is 3.92. The SMILES string of the molecule is CC(=O)Cc1coc(CCN2CCN(C)CC2)n1. The maximum Gasteiger partial charge on any atom is 0.195 e. The molecule has 1 fully saturated rings. The van der Waals surface area contributed by atoms with Crippen LogP contribution >= 0.6 is 0 Å². The van der Waals surface area contributed by atoms with Gasteiger partial charge < -0.3 is 14.2 Å². The molecule has 1 aliphatic rings. The highest BCUT2D eigenvalue weighted by Crippen LogP contribution is 2.06. The van der Waals surface area contributed by atoms with E-state index in [2.05, 4.69) is 21.8 Å². The monoisotopic (exact) mass is 251 g/mol. The highest BCUT2D eigenvalue weighted by Gasteiger charge is 2.14. The first kappa shape index (κ1) is 13.2. The Hall–Kier alpha value is -1.20. The van der Waals surface area contributed by atoms with Crippen molar-refractivity contribution in [3.63, 3.8) is 0 Å². The molecule has 5 heteroatoms. The van der Waals surface area contributed by atoms with E-state index in [0.29, 0.717) is 6.42 Å². The third-order valence-corrected chi connectivity index (χ3v) is 3.27. The van der Waals surface area contributed by atoms with Gasteiger partial charge in [0.25, 0.3) is 0 Å².